The number of benzene rings is 2. The van der Waals surface area contributed by atoms with Gasteiger partial charge in [0.25, 0.3) is 0 Å². The van der Waals surface area contributed by atoms with Crippen LogP contribution in [-0.4, -0.2) is 30.1 Å². The van der Waals surface area contributed by atoms with Crippen LogP contribution in [0.5, 0.6) is 5.75 Å². The van der Waals surface area contributed by atoms with Gasteiger partial charge in [0, 0.05) is 43.6 Å². The van der Waals surface area contributed by atoms with Crippen molar-refractivity contribution in [1.29, 1.82) is 0 Å². The van der Waals surface area contributed by atoms with Crippen LogP contribution < -0.4 is 9.64 Å². The molecule has 2 aliphatic rings. The number of ether oxygens (including phenoxy) is 1. The maximum atomic E-state index is 5.31. The smallest absolute Gasteiger partial charge is 0.140 e. The summed E-state index contributed by atoms with van der Waals surface area (Å²) < 4.78 is 5.31. The Morgan fingerprint density at radius 3 is 2.45 bits per heavy atom. The van der Waals surface area contributed by atoms with E-state index in [9.17, 15) is 0 Å². The Hall–Kier alpha value is -3.37. The maximum absolute atomic E-state index is 5.31. The molecule has 0 aliphatic carbocycles. The molecule has 0 fully saturated rings. The molecule has 3 heterocycles. The molecule has 0 bridgehead atoms. The highest BCUT2D eigenvalue weighted by molar-refractivity contribution is 5.86. The summed E-state index contributed by atoms with van der Waals surface area (Å²) in [5.41, 5.74) is 7.62. The molecule has 0 saturated heterocycles. The van der Waals surface area contributed by atoms with Gasteiger partial charge < -0.3 is 9.64 Å². The summed E-state index contributed by atoms with van der Waals surface area (Å²) in [6.07, 6.45) is 2.90. The normalized spacial score (nSPS) is 16.2. The van der Waals surface area contributed by atoms with E-state index in [-0.39, 0.29) is 0 Å². The van der Waals surface area contributed by atoms with Crippen LogP contribution in [0.2, 0.25) is 0 Å². The Morgan fingerprint density at radius 1 is 0.903 bits per heavy atom. The highest BCUT2D eigenvalue weighted by Crippen LogP contribution is 2.42. The second-order valence-electron chi connectivity index (χ2n) is 8.16. The molecule has 5 rings (SSSR count). The highest BCUT2D eigenvalue weighted by atomic mass is 16.5. The standard InChI is InChI=1S/C27H27N3O/c1-20-26-19-29(17-21-7-4-3-5-8-21)16-14-24(26)25-9-6-15-28-27(25)30(20)18-22-10-12-23(31-2)13-11-22/h3-13,15H,1,14,16-19H2,2H3. The van der Waals surface area contributed by atoms with Crippen molar-refractivity contribution in [3.05, 3.63) is 107 Å². The van der Waals surface area contributed by atoms with Gasteiger partial charge >= 0.3 is 0 Å². The number of pyridine rings is 1. The molecule has 4 heteroatoms. The Labute approximate surface area is 184 Å². The molecule has 0 saturated carbocycles. The van der Waals surface area contributed by atoms with E-state index in [2.05, 4.69) is 64.9 Å². The van der Waals surface area contributed by atoms with E-state index < -0.39 is 0 Å². The molecule has 156 valence electrons. The predicted octanol–water partition coefficient (Wildman–Crippen LogP) is 5.28. The first-order valence-electron chi connectivity index (χ1n) is 10.8. The number of methoxy groups -OCH3 is 1. The monoisotopic (exact) mass is 409 g/mol. The molecule has 0 unspecified atom stereocenters. The zero-order valence-corrected chi connectivity index (χ0v) is 17.9. The van der Waals surface area contributed by atoms with Crippen molar-refractivity contribution in [3.63, 3.8) is 0 Å². The Kier molecular flexibility index (Phi) is 5.31. The lowest BCUT2D eigenvalue weighted by Crippen LogP contribution is -2.37. The van der Waals surface area contributed by atoms with Crippen LogP contribution in [0, 0.1) is 0 Å². The predicted molar refractivity (Wildman–Crippen MR) is 126 cm³/mol. The maximum Gasteiger partial charge on any atom is 0.140 e. The molecule has 31 heavy (non-hydrogen) atoms. The molecule has 4 nitrogen and oxygen atoms in total. The lowest BCUT2D eigenvalue weighted by atomic mass is 9.88. The Bertz CT molecular complexity index is 1120. The molecule has 2 aliphatic heterocycles. The van der Waals surface area contributed by atoms with Crippen LogP contribution in [0.4, 0.5) is 5.82 Å². The number of nitrogens with zero attached hydrogens (tertiary/aromatic N) is 3. The van der Waals surface area contributed by atoms with Gasteiger partial charge in [0.2, 0.25) is 0 Å². The van der Waals surface area contributed by atoms with Crippen LogP contribution in [0.25, 0.3) is 5.57 Å². The second-order valence-corrected chi connectivity index (χ2v) is 8.16. The summed E-state index contributed by atoms with van der Waals surface area (Å²) in [6, 6.07) is 23.2. The molecule has 0 amide bonds. The molecule has 0 spiro atoms. The van der Waals surface area contributed by atoms with Gasteiger partial charge in [-0.05, 0) is 53.0 Å². The quantitative estimate of drug-likeness (QED) is 0.573. The summed E-state index contributed by atoms with van der Waals surface area (Å²) in [7, 11) is 1.69. The molecule has 2 aromatic carbocycles. The minimum absolute atomic E-state index is 0.738. The van der Waals surface area contributed by atoms with Crippen LogP contribution in [0.15, 0.2) is 90.8 Å². The van der Waals surface area contributed by atoms with Crippen molar-refractivity contribution < 1.29 is 4.74 Å². The van der Waals surface area contributed by atoms with Crippen molar-refractivity contribution >= 4 is 11.4 Å². The van der Waals surface area contributed by atoms with Gasteiger partial charge in [-0.25, -0.2) is 4.98 Å². The Balaban J connectivity index is 1.44. The van der Waals surface area contributed by atoms with Crippen LogP contribution in [-0.2, 0) is 13.1 Å². The number of fused-ring (bicyclic) bond motifs is 2. The fraction of sp³-hybridized carbons (Fsp3) is 0.222. The highest BCUT2D eigenvalue weighted by Gasteiger charge is 2.32. The van der Waals surface area contributed by atoms with Gasteiger partial charge in [-0.2, -0.15) is 0 Å². The zero-order valence-electron chi connectivity index (χ0n) is 17.9. The van der Waals surface area contributed by atoms with Crippen molar-refractivity contribution in [2.45, 2.75) is 19.5 Å². The SMILES string of the molecule is C=C1C2=C(CCN(Cc3ccccc3)C2)c2cccnc2N1Cc1ccc(OC)cc1. The van der Waals surface area contributed by atoms with Gasteiger partial charge in [-0.15, -0.1) is 0 Å². The fourth-order valence-electron chi connectivity index (χ4n) is 4.58. The lowest BCUT2D eigenvalue weighted by Gasteiger charge is -2.40. The number of rotatable bonds is 5. The average Bonchev–Trinajstić information content (AvgIpc) is 2.83. The van der Waals surface area contributed by atoms with Crippen molar-refractivity contribution in [3.8, 4) is 5.75 Å². The molecule has 0 radical (unpaired) electrons. The van der Waals surface area contributed by atoms with Crippen molar-refractivity contribution in [2.75, 3.05) is 25.1 Å². The van der Waals surface area contributed by atoms with E-state index >= 15 is 0 Å². The number of hydrogen-bond donors (Lipinski definition) is 0. The molecular formula is C27H27N3O. The molecule has 1 aromatic heterocycles. The zero-order chi connectivity index (χ0) is 21.2. The van der Waals surface area contributed by atoms with Crippen LogP contribution >= 0.6 is 0 Å². The summed E-state index contributed by atoms with van der Waals surface area (Å²) in [6.45, 7) is 8.19. The first-order valence-corrected chi connectivity index (χ1v) is 10.8. The van der Waals surface area contributed by atoms with Gasteiger partial charge in [-0.3, -0.25) is 4.90 Å². The minimum atomic E-state index is 0.738. The third-order valence-electron chi connectivity index (χ3n) is 6.21. The summed E-state index contributed by atoms with van der Waals surface area (Å²) >= 11 is 0. The third-order valence-corrected chi connectivity index (χ3v) is 6.21. The summed E-state index contributed by atoms with van der Waals surface area (Å²) in [5, 5.41) is 0. The second kappa shape index (κ2) is 8.40. The van der Waals surface area contributed by atoms with Gasteiger partial charge in [0.1, 0.15) is 11.6 Å². The van der Waals surface area contributed by atoms with Gasteiger partial charge in [0.15, 0.2) is 0 Å². The van der Waals surface area contributed by atoms with E-state index in [1.54, 1.807) is 7.11 Å². The van der Waals surface area contributed by atoms with E-state index in [0.29, 0.717) is 0 Å². The first-order chi connectivity index (χ1) is 15.2. The molecule has 0 atom stereocenters. The van der Waals surface area contributed by atoms with Gasteiger partial charge in [-0.1, -0.05) is 49.0 Å². The van der Waals surface area contributed by atoms with Crippen molar-refractivity contribution in [1.82, 2.24) is 9.88 Å². The summed E-state index contributed by atoms with van der Waals surface area (Å²) in [4.78, 5) is 9.54. The molecule has 3 aromatic rings. The third kappa shape index (κ3) is 3.87. The minimum Gasteiger partial charge on any atom is -0.497 e. The fourth-order valence-corrected chi connectivity index (χ4v) is 4.58. The summed E-state index contributed by atoms with van der Waals surface area (Å²) in [5.74, 6) is 1.88. The number of aromatic nitrogens is 1. The largest absolute Gasteiger partial charge is 0.497 e. The number of hydrogen-bond acceptors (Lipinski definition) is 4. The molecule has 0 N–H and O–H groups in total. The van der Waals surface area contributed by atoms with E-state index in [1.807, 2.05) is 24.4 Å². The lowest BCUT2D eigenvalue weighted by molar-refractivity contribution is 0.286. The van der Waals surface area contributed by atoms with E-state index in [1.165, 1.54) is 27.8 Å². The average molecular weight is 410 g/mol. The topological polar surface area (TPSA) is 28.6 Å². The van der Waals surface area contributed by atoms with Crippen LogP contribution in [0.3, 0.4) is 0 Å². The Morgan fingerprint density at radius 2 is 1.68 bits per heavy atom. The molecular weight excluding hydrogens is 382 g/mol. The van der Waals surface area contributed by atoms with Crippen molar-refractivity contribution in [2.24, 2.45) is 0 Å². The van der Waals surface area contributed by atoms with Crippen LogP contribution in [0.1, 0.15) is 23.1 Å². The van der Waals surface area contributed by atoms with E-state index in [4.69, 9.17) is 9.72 Å². The van der Waals surface area contributed by atoms with Gasteiger partial charge in [0.05, 0.1) is 7.11 Å². The number of anilines is 1. The first kappa shape index (κ1) is 19.6. The van der Waals surface area contributed by atoms with E-state index in [0.717, 1.165) is 49.9 Å².